The molecule has 0 aliphatic rings. The molecular formula is C14H19NO2. The van der Waals surface area contributed by atoms with Crippen molar-refractivity contribution in [2.24, 2.45) is 5.73 Å². The van der Waals surface area contributed by atoms with Crippen LogP contribution in [0.25, 0.3) is 11.0 Å². The van der Waals surface area contributed by atoms with Crippen molar-refractivity contribution in [3.63, 3.8) is 0 Å². The normalized spacial score (nSPS) is 11.0. The Kier molecular flexibility index (Phi) is 3.69. The van der Waals surface area contributed by atoms with Gasteiger partial charge in [0.1, 0.15) is 5.76 Å². The first-order valence-electron chi connectivity index (χ1n) is 6.17. The number of fused-ring (bicyclic) bond motifs is 1. The summed E-state index contributed by atoms with van der Waals surface area (Å²) in [6.07, 6.45) is 2.08. The van der Waals surface area contributed by atoms with Gasteiger partial charge >= 0.3 is 0 Å². The highest BCUT2D eigenvalue weighted by Crippen LogP contribution is 2.33. The highest BCUT2D eigenvalue weighted by molar-refractivity contribution is 5.87. The quantitative estimate of drug-likeness (QED) is 0.862. The Labute approximate surface area is 102 Å². The molecule has 1 heterocycles. The molecule has 0 bridgehead atoms. The minimum atomic E-state index is 0.440. The third kappa shape index (κ3) is 2.15. The lowest BCUT2D eigenvalue weighted by Gasteiger charge is -2.02. The van der Waals surface area contributed by atoms with E-state index >= 15 is 0 Å². The predicted octanol–water partition coefficient (Wildman–Crippen LogP) is 3.24. The van der Waals surface area contributed by atoms with E-state index in [2.05, 4.69) is 13.0 Å². The van der Waals surface area contributed by atoms with Crippen LogP contribution in [0.5, 0.6) is 5.75 Å². The molecule has 0 aliphatic heterocycles. The highest BCUT2D eigenvalue weighted by atomic mass is 16.5. The van der Waals surface area contributed by atoms with E-state index in [4.69, 9.17) is 14.9 Å². The molecule has 0 saturated carbocycles. The number of hydrogen-bond donors (Lipinski definition) is 1. The second-order valence-corrected chi connectivity index (χ2v) is 4.02. The van der Waals surface area contributed by atoms with Gasteiger partial charge in [0.05, 0.1) is 13.2 Å². The largest absolute Gasteiger partial charge is 0.490 e. The zero-order chi connectivity index (χ0) is 12.3. The van der Waals surface area contributed by atoms with Crippen molar-refractivity contribution < 1.29 is 9.15 Å². The standard InChI is InChI=1S/C14H19NO2/c1-3-6-10-11-7-5-8-12(16-4-2)14(11)17-13(10)9-15/h5,7-8H,3-4,6,9,15H2,1-2H3. The van der Waals surface area contributed by atoms with E-state index in [9.17, 15) is 0 Å². The molecule has 2 N–H and O–H groups in total. The summed E-state index contributed by atoms with van der Waals surface area (Å²) in [5.74, 6) is 1.69. The SMILES string of the molecule is CCCc1c(CN)oc2c(OCC)cccc12. The van der Waals surface area contributed by atoms with Gasteiger partial charge < -0.3 is 14.9 Å². The number of para-hydroxylation sites is 1. The summed E-state index contributed by atoms with van der Waals surface area (Å²) in [6, 6.07) is 6.01. The molecule has 3 nitrogen and oxygen atoms in total. The van der Waals surface area contributed by atoms with Crippen molar-refractivity contribution in [3.8, 4) is 5.75 Å². The fourth-order valence-electron chi connectivity index (χ4n) is 2.15. The third-order valence-corrected chi connectivity index (χ3v) is 2.85. The van der Waals surface area contributed by atoms with Crippen molar-refractivity contribution in [1.82, 2.24) is 0 Å². The van der Waals surface area contributed by atoms with Gasteiger partial charge in [-0.25, -0.2) is 0 Å². The van der Waals surface area contributed by atoms with E-state index in [0.29, 0.717) is 13.2 Å². The first kappa shape index (κ1) is 12.0. The first-order chi connectivity index (χ1) is 8.31. The van der Waals surface area contributed by atoms with Crippen molar-refractivity contribution in [2.45, 2.75) is 33.2 Å². The van der Waals surface area contributed by atoms with Gasteiger partial charge in [-0.15, -0.1) is 0 Å². The van der Waals surface area contributed by atoms with Crippen LogP contribution in [-0.2, 0) is 13.0 Å². The summed E-state index contributed by atoms with van der Waals surface area (Å²) in [7, 11) is 0. The molecule has 0 saturated heterocycles. The number of hydrogen-bond acceptors (Lipinski definition) is 3. The Bertz CT molecular complexity index is 502. The zero-order valence-electron chi connectivity index (χ0n) is 10.5. The Hall–Kier alpha value is -1.48. The average molecular weight is 233 g/mol. The lowest BCUT2D eigenvalue weighted by atomic mass is 10.1. The van der Waals surface area contributed by atoms with Crippen molar-refractivity contribution in [3.05, 3.63) is 29.5 Å². The molecule has 0 fully saturated rings. The molecule has 0 atom stereocenters. The Morgan fingerprint density at radius 3 is 2.76 bits per heavy atom. The third-order valence-electron chi connectivity index (χ3n) is 2.85. The Morgan fingerprint density at radius 1 is 1.29 bits per heavy atom. The van der Waals surface area contributed by atoms with E-state index in [-0.39, 0.29) is 0 Å². The molecule has 92 valence electrons. The van der Waals surface area contributed by atoms with Crippen LogP contribution in [0.1, 0.15) is 31.6 Å². The maximum absolute atomic E-state index is 5.83. The molecule has 0 amide bonds. The van der Waals surface area contributed by atoms with Crippen LogP contribution in [0.4, 0.5) is 0 Å². The second kappa shape index (κ2) is 5.23. The summed E-state index contributed by atoms with van der Waals surface area (Å²) in [5, 5.41) is 1.14. The summed E-state index contributed by atoms with van der Waals surface area (Å²) >= 11 is 0. The first-order valence-corrected chi connectivity index (χ1v) is 6.17. The lowest BCUT2D eigenvalue weighted by molar-refractivity contribution is 0.337. The van der Waals surface area contributed by atoms with E-state index in [1.54, 1.807) is 0 Å². The molecule has 0 aliphatic carbocycles. The molecule has 0 radical (unpaired) electrons. The molecule has 1 aromatic heterocycles. The minimum absolute atomic E-state index is 0.440. The van der Waals surface area contributed by atoms with Crippen LogP contribution in [0.2, 0.25) is 0 Å². The van der Waals surface area contributed by atoms with Gasteiger partial charge in [-0.3, -0.25) is 0 Å². The molecule has 2 rings (SSSR count). The van der Waals surface area contributed by atoms with Gasteiger partial charge in [0.2, 0.25) is 0 Å². The monoisotopic (exact) mass is 233 g/mol. The number of benzene rings is 1. The number of rotatable bonds is 5. The van der Waals surface area contributed by atoms with Crippen LogP contribution < -0.4 is 10.5 Å². The van der Waals surface area contributed by atoms with Gasteiger partial charge in [0.25, 0.3) is 0 Å². The van der Waals surface area contributed by atoms with Crippen LogP contribution in [-0.4, -0.2) is 6.61 Å². The smallest absolute Gasteiger partial charge is 0.176 e. The van der Waals surface area contributed by atoms with Crippen LogP contribution >= 0.6 is 0 Å². The molecule has 3 heteroatoms. The number of nitrogens with two attached hydrogens (primary N) is 1. The van der Waals surface area contributed by atoms with Crippen molar-refractivity contribution in [2.75, 3.05) is 6.61 Å². The van der Waals surface area contributed by atoms with Gasteiger partial charge in [0, 0.05) is 10.9 Å². The number of aryl methyl sites for hydroxylation is 1. The predicted molar refractivity (Wildman–Crippen MR) is 69.3 cm³/mol. The van der Waals surface area contributed by atoms with Gasteiger partial charge in [-0.1, -0.05) is 25.5 Å². The molecular weight excluding hydrogens is 214 g/mol. The summed E-state index contributed by atoms with van der Waals surface area (Å²) in [6.45, 7) is 5.21. The fraction of sp³-hybridized carbons (Fsp3) is 0.429. The van der Waals surface area contributed by atoms with E-state index in [1.165, 1.54) is 5.56 Å². The minimum Gasteiger partial charge on any atom is -0.490 e. The van der Waals surface area contributed by atoms with Crippen molar-refractivity contribution in [1.29, 1.82) is 0 Å². The molecule has 1 aromatic carbocycles. The molecule has 2 aromatic rings. The van der Waals surface area contributed by atoms with Gasteiger partial charge in [-0.2, -0.15) is 0 Å². The highest BCUT2D eigenvalue weighted by Gasteiger charge is 2.15. The summed E-state index contributed by atoms with van der Waals surface area (Å²) in [4.78, 5) is 0. The van der Waals surface area contributed by atoms with Crippen molar-refractivity contribution >= 4 is 11.0 Å². The number of furan rings is 1. The van der Waals surface area contributed by atoms with Gasteiger partial charge in [-0.05, 0) is 19.4 Å². The summed E-state index contributed by atoms with van der Waals surface area (Å²) in [5.41, 5.74) is 7.79. The summed E-state index contributed by atoms with van der Waals surface area (Å²) < 4.78 is 11.4. The molecule has 17 heavy (non-hydrogen) atoms. The van der Waals surface area contributed by atoms with E-state index in [1.807, 2.05) is 19.1 Å². The Balaban J connectivity index is 2.59. The molecule has 0 unspecified atom stereocenters. The van der Waals surface area contributed by atoms with Crippen LogP contribution in [0.15, 0.2) is 22.6 Å². The van der Waals surface area contributed by atoms with Gasteiger partial charge in [0.15, 0.2) is 11.3 Å². The lowest BCUT2D eigenvalue weighted by Crippen LogP contribution is -1.98. The van der Waals surface area contributed by atoms with E-state index in [0.717, 1.165) is 35.3 Å². The second-order valence-electron chi connectivity index (χ2n) is 4.02. The maximum Gasteiger partial charge on any atom is 0.176 e. The number of ether oxygens (including phenoxy) is 1. The maximum atomic E-state index is 5.83. The Morgan fingerprint density at radius 2 is 2.12 bits per heavy atom. The molecule has 0 spiro atoms. The van der Waals surface area contributed by atoms with Crippen LogP contribution in [0, 0.1) is 0 Å². The van der Waals surface area contributed by atoms with E-state index < -0.39 is 0 Å². The fourth-order valence-corrected chi connectivity index (χ4v) is 2.15. The average Bonchev–Trinajstić information content (AvgIpc) is 2.70. The van der Waals surface area contributed by atoms with Crippen LogP contribution in [0.3, 0.4) is 0 Å². The zero-order valence-corrected chi connectivity index (χ0v) is 10.5. The topological polar surface area (TPSA) is 48.4 Å².